The summed E-state index contributed by atoms with van der Waals surface area (Å²) in [5, 5.41) is 0. The van der Waals surface area contributed by atoms with Crippen molar-refractivity contribution in [2.75, 3.05) is 0 Å². The molecule has 0 spiro atoms. The van der Waals surface area contributed by atoms with Gasteiger partial charge in [-0.1, -0.05) is 12.7 Å². The molecule has 0 unspecified atom stereocenters. The average Bonchev–Trinajstić information content (AvgIpc) is 2.42. The van der Waals surface area contributed by atoms with E-state index in [0.29, 0.717) is 18.7 Å². The molecule has 5 heteroatoms. The van der Waals surface area contributed by atoms with Gasteiger partial charge in [0.25, 0.3) is 5.56 Å². The number of aromatic amines is 1. The lowest BCUT2D eigenvalue weighted by Crippen LogP contribution is -2.38. The summed E-state index contributed by atoms with van der Waals surface area (Å²) in [5.41, 5.74) is 0.878. The molecule has 2 heterocycles. The fraction of sp³-hybridized carbons (Fsp3) is 0.214. The number of nitrogens with zero attached hydrogens (tertiary/aromatic N) is 2. The van der Waals surface area contributed by atoms with Gasteiger partial charge in [0.1, 0.15) is 0 Å². The van der Waals surface area contributed by atoms with E-state index in [-0.39, 0.29) is 11.2 Å². The van der Waals surface area contributed by atoms with Crippen LogP contribution in [0.15, 0.2) is 46.9 Å². The van der Waals surface area contributed by atoms with Gasteiger partial charge in [-0.2, -0.15) is 0 Å². The maximum absolute atomic E-state index is 11.6. The molecule has 0 aliphatic rings. The molecule has 0 radical (unpaired) electrons. The number of rotatable bonds is 4. The zero-order chi connectivity index (χ0) is 13.8. The van der Waals surface area contributed by atoms with Gasteiger partial charge in [-0.05, 0) is 12.5 Å². The Bertz CT molecular complexity index is 696. The lowest BCUT2D eigenvalue weighted by molar-refractivity contribution is -0.698. The van der Waals surface area contributed by atoms with Crippen LogP contribution in [0.3, 0.4) is 0 Å². The topological polar surface area (TPSA) is 58.7 Å². The minimum Gasteiger partial charge on any atom is -0.294 e. The van der Waals surface area contributed by atoms with Crippen LogP contribution in [0.25, 0.3) is 6.08 Å². The predicted octanol–water partition coefficient (Wildman–Crippen LogP) is 0.476. The lowest BCUT2D eigenvalue weighted by atomic mass is 10.3. The Labute approximate surface area is 110 Å². The van der Waals surface area contributed by atoms with Crippen LogP contribution < -0.4 is 15.8 Å². The van der Waals surface area contributed by atoms with Crippen LogP contribution in [0.4, 0.5) is 0 Å². The molecule has 2 aromatic heterocycles. The summed E-state index contributed by atoms with van der Waals surface area (Å²) < 4.78 is 3.48. The first kappa shape index (κ1) is 13.0. The Morgan fingerprint density at radius 3 is 2.68 bits per heavy atom. The van der Waals surface area contributed by atoms with Crippen LogP contribution in [0.1, 0.15) is 11.1 Å². The van der Waals surface area contributed by atoms with Gasteiger partial charge in [-0.3, -0.25) is 14.3 Å². The summed E-state index contributed by atoms with van der Waals surface area (Å²) in [6.45, 7) is 6.54. The lowest BCUT2D eigenvalue weighted by Gasteiger charge is -2.03. The second-order valence-electron chi connectivity index (χ2n) is 4.34. The Balaban J connectivity index is 2.14. The molecule has 5 nitrogen and oxygen atoms in total. The summed E-state index contributed by atoms with van der Waals surface area (Å²) in [7, 11) is 0. The highest BCUT2D eigenvalue weighted by Crippen LogP contribution is 1.95. The Hall–Kier alpha value is -2.43. The van der Waals surface area contributed by atoms with Gasteiger partial charge in [-0.25, -0.2) is 9.36 Å². The molecule has 0 atom stereocenters. The van der Waals surface area contributed by atoms with Gasteiger partial charge >= 0.3 is 5.69 Å². The maximum Gasteiger partial charge on any atom is 0.328 e. The number of aryl methyl sites for hydroxylation is 3. The van der Waals surface area contributed by atoms with Crippen molar-refractivity contribution in [3.05, 3.63) is 69.3 Å². The number of pyridine rings is 1. The SMILES string of the molecule is C=Cc1cc[n+](CCn2cc(C)c(=O)[nH]c2=O)cc1. The first-order valence-corrected chi connectivity index (χ1v) is 6.02. The van der Waals surface area contributed by atoms with E-state index in [9.17, 15) is 9.59 Å². The third-order valence-corrected chi connectivity index (χ3v) is 2.94. The van der Waals surface area contributed by atoms with Crippen molar-refractivity contribution in [2.24, 2.45) is 0 Å². The van der Waals surface area contributed by atoms with Crippen molar-refractivity contribution in [2.45, 2.75) is 20.0 Å². The van der Waals surface area contributed by atoms with E-state index in [4.69, 9.17) is 0 Å². The molecule has 0 aliphatic carbocycles. The van der Waals surface area contributed by atoms with Crippen molar-refractivity contribution < 1.29 is 4.57 Å². The molecule has 0 aliphatic heterocycles. The highest BCUT2D eigenvalue weighted by Gasteiger charge is 2.04. The summed E-state index contributed by atoms with van der Waals surface area (Å²) in [6.07, 6.45) is 7.22. The van der Waals surface area contributed by atoms with E-state index >= 15 is 0 Å². The van der Waals surface area contributed by atoms with E-state index < -0.39 is 0 Å². The highest BCUT2D eigenvalue weighted by molar-refractivity contribution is 5.44. The van der Waals surface area contributed by atoms with Gasteiger partial charge in [0.05, 0.1) is 6.54 Å². The standard InChI is InChI=1S/C14H15N3O2/c1-3-12-4-6-16(7-5-12)8-9-17-10-11(2)13(18)15-14(17)19/h3-7,10H,1,8-9H2,2H3/p+1. The van der Waals surface area contributed by atoms with Crippen LogP contribution in [0.2, 0.25) is 0 Å². The van der Waals surface area contributed by atoms with Crippen molar-refractivity contribution in [1.29, 1.82) is 0 Å². The van der Waals surface area contributed by atoms with E-state index in [1.165, 1.54) is 4.57 Å². The summed E-state index contributed by atoms with van der Waals surface area (Å²) in [4.78, 5) is 25.1. The number of hydrogen-bond donors (Lipinski definition) is 1. The summed E-state index contributed by atoms with van der Waals surface area (Å²) >= 11 is 0. The monoisotopic (exact) mass is 258 g/mol. The fourth-order valence-corrected chi connectivity index (χ4v) is 1.76. The van der Waals surface area contributed by atoms with Crippen LogP contribution in [-0.4, -0.2) is 9.55 Å². The van der Waals surface area contributed by atoms with Crippen LogP contribution in [0, 0.1) is 6.92 Å². The van der Waals surface area contributed by atoms with E-state index in [0.717, 1.165) is 5.56 Å². The maximum atomic E-state index is 11.6. The number of hydrogen-bond acceptors (Lipinski definition) is 2. The molecule has 98 valence electrons. The zero-order valence-corrected chi connectivity index (χ0v) is 10.8. The minimum absolute atomic E-state index is 0.329. The largest absolute Gasteiger partial charge is 0.328 e. The molecule has 2 aromatic rings. The van der Waals surface area contributed by atoms with E-state index in [1.807, 2.05) is 29.1 Å². The Kier molecular flexibility index (Phi) is 3.75. The zero-order valence-electron chi connectivity index (χ0n) is 10.8. The van der Waals surface area contributed by atoms with Crippen LogP contribution in [-0.2, 0) is 13.1 Å². The van der Waals surface area contributed by atoms with Gasteiger partial charge < -0.3 is 0 Å². The molecule has 0 bridgehead atoms. The van der Waals surface area contributed by atoms with Gasteiger partial charge in [0.2, 0.25) is 0 Å². The quantitative estimate of drug-likeness (QED) is 0.811. The Morgan fingerprint density at radius 1 is 1.37 bits per heavy atom. The first-order chi connectivity index (χ1) is 9.10. The molecule has 0 fully saturated rings. The fourth-order valence-electron chi connectivity index (χ4n) is 1.76. The van der Waals surface area contributed by atoms with E-state index in [1.54, 1.807) is 19.2 Å². The van der Waals surface area contributed by atoms with E-state index in [2.05, 4.69) is 11.6 Å². The Morgan fingerprint density at radius 2 is 2.05 bits per heavy atom. The van der Waals surface area contributed by atoms with Crippen molar-refractivity contribution in [3.63, 3.8) is 0 Å². The summed E-state index contributed by atoms with van der Waals surface area (Å²) in [6, 6.07) is 3.90. The number of aromatic nitrogens is 3. The predicted molar refractivity (Wildman–Crippen MR) is 72.8 cm³/mol. The summed E-state index contributed by atoms with van der Waals surface area (Å²) in [5.74, 6) is 0. The minimum atomic E-state index is -0.376. The van der Waals surface area contributed by atoms with Gasteiger partial charge in [0, 0.05) is 23.9 Å². The normalized spacial score (nSPS) is 10.4. The molecule has 0 aromatic carbocycles. The highest BCUT2D eigenvalue weighted by atomic mass is 16.2. The number of H-pyrrole nitrogens is 1. The molecular weight excluding hydrogens is 242 g/mol. The van der Waals surface area contributed by atoms with Crippen molar-refractivity contribution >= 4 is 6.08 Å². The second kappa shape index (κ2) is 5.48. The van der Waals surface area contributed by atoms with Gasteiger partial charge in [0.15, 0.2) is 18.9 Å². The third-order valence-electron chi connectivity index (χ3n) is 2.94. The third kappa shape index (κ3) is 3.07. The second-order valence-corrected chi connectivity index (χ2v) is 4.34. The van der Waals surface area contributed by atoms with Crippen LogP contribution in [0.5, 0.6) is 0 Å². The molecule has 0 saturated heterocycles. The molecular formula is C14H16N3O2+. The molecule has 1 N–H and O–H groups in total. The molecule has 2 rings (SSSR count). The van der Waals surface area contributed by atoms with Crippen molar-refractivity contribution in [3.8, 4) is 0 Å². The molecule has 0 saturated carbocycles. The smallest absolute Gasteiger partial charge is 0.294 e. The van der Waals surface area contributed by atoms with Gasteiger partial charge in [-0.15, -0.1) is 0 Å². The number of nitrogens with one attached hydrogen (secondary N) is 1. The van der Waals surface area contributed by atoms with Crippen LogP contribution >= 0.6 is 0 Å². The van der Waals surface area contributed by atoms with Crippen molar-refractivity contribution in [1.82, 2.24) is 9.55 Å². The first-order valence-electron chi connectivity index (χ1n) is 6.02. The molecule has 0 amide bonds. The molecule has 19 heavy (non-hydrogen) atoms. The average molecular weight is 258 g/mol.